The molecule has 0 aliphatic carbocycles. The Morgan fingerprint density at radius 1 is 1.35 bits per heavy atom. The van der Waals surface area contributed by atoms with Crippen molar-refractivity contribution in [2.45, 2.75) is 25.0 Å². The standard InChI is InChI=1S/C12H25N3O2/c1-14(2)6-5-7-15(3)12(16)11-8-10(17-4)9-13-11/h10-11,13H,5-9H2,1-4H3. The third kappa shape index (κ3) is 4.61. The average Bonchev–Trinajstić information content (AvgIpc) is 2.75. The Labute approximate surface area is 104 Å². The van der Waals surface area contributed by atoms with E-state index in [0.717, 1.165) is 32.5 Å². The van der Waals surface area contributed by atoms with Crippen LogP contribution in [0.3, 0.4) is 0 Å². The van der Waals surface area contributed by atoms with Crippen LogP contribution in [0.2, 0.25) is 0 Å². The molecule has 17 heavy (non-hydrogen) atoms. The van der Waals surface area contributed by atoms with Crippen LogP contribution in [-0.4, -0.2) is 75.7 Å². The number of nitrogens with one attached hydrogen (secondary N) is 1. The summed E-state index contributed by atoms with van der Waals surface area (Å²) in [6.45, 7) is 2.60. The summed E-state index contributed by atoms with van der Waals surface area (Å²) < 4.78 is 5.24. The van der Waals surface area contributed by atoms with E-state index < -0.39 is 0 Å². The minimum absolute atomic E-state index is 0.0655. The van der Waals surface area contributed by atoms with Gasteiger partial charge < -0.3 is 19.9 Å². The highest BCUT2D eigenvalue weighted by molar-refractivity contribution is 5.82. The normalized spacial score (nSPS) is 24.3. The largest absolute Gasteiger partial charge is 0.380 e. The van der Waals surface area contributed by atoms with Crippen molar-refractivity contribution >= 4 is 5.91 Å². The van der Waals surface area contributed by atoms with Crippen LogP contribution >= 0.6 is 0 Å². The number of nitrogens with zero attached hydrogens (tertiary/aromatic N) is 2. The molecule has 0 aromatic rings. The molecule has 1 aliphatic rings. The fraction of sp³-hybridized carbons (Fsp3) is 0.917. The number of rotatable bonds is 6. The Kier molecular flexibility index (Phi) is 5.88. The van der Waals surface area contributed by atoms with Crippen molar-refractivity contribution in [3.63, 3.8) is 0 Å². The zero-order valence-electron chi connectivity index (χ0n) is 11.4. The van der Waals surface area contributed by atoms with E-state index >= 15 is 0 Å². The Hall–Kier alpha value is -0.650. The van der Waals surface area contributed by atoms with Gasteiger partial charge in [-0.15, -0.1) is 0 Å². The molecule has 1 fully saturated rings. The first kappa shape index (κ1) is 14.4. The molecule has 5 nitrogen and oxygen atoms in total. The van der Waals surface area contributed by atoms with Crippen molar-refractivity contribution in [1.82, 2.24) is 15.1 Å². The maximum atomic E-state index is 12.1. The number of hydrogen-bond donors (Lipinski definition) is 1. The Balaban J connectivity index is 2.27. The maximum Gasteiger partial charge on any atom is 0.239 e. The Morgan fingerprint density at radius 3 is 2.59 bits per heavy atom. The van der Waals surface area contributed by atoms with E-state index in [9.17, 15) is 4.79 Å². The van der Waals surface area contributed by atoms with Gasteiger partial charge in [0.15, 0.2) is 0 Å². The fourth-order valence-corrected chi connectivity index (χ4v) is 2.07. The topological polar surface area (TPSA) is 44.8 Å². The lowest BCUT2D eigenvalue weighted by molar-refractivity contribution is -0.132. The van der Waals surface area contributed by atoms with Gasteiger partial charge in [-0.25, -0.2) is 0 Å². The molecule has 1 aliphatic heterocycles. The molecule has 0 saturated carbocycles. The highest BCUT2D eigenvalue weighted by Gasteiger charge is 2.30. The minimum atomic E-state index is -0.0655. The predicted molar refractivity (Wildman–Crippen MR) is 68.0 cm³/mol. The monoisotopic (exact) mass is 243 g/mol. The van der Waals surface area contributed by atoms with Crippen molar-refractivity contribution in [3.05, 3.63) is 0 Å². The molecule has 0 spiro atoms. The molecule has 100 valence electrons. The van der Waals surface area contributed by atoms with Crippen LogP contribution < -0.4 is 5.32 Å². The second-order valence-electron chi connectivity index (χ2n) is 4.97. The molecule has 0 bridgehead atoms. The van der Waals surface area contributed by atoms with Gasteiger partial charge in [0.25, 0.3) is 0 Å². The summed E-state index contributed by atoms with van der Waals surface area (Å²) in [6.07, 6.45) is 1.97. The number of likely N-dealkylation sites (N-methyl/N-ethyl adjacent to an activating group) is 1. The molecular formula is C12H25N3O2. The van der Waals surface area contributed by atoms with E-state index in [1.807, 2.05) is 26.0 Å². The van der Waals surface area contributed by atoms with Crippen molar-refractivity contribution in [1.29, 1.82) is 0 Å². The first-order chi connectivity index (χ1) is 8.04. The van der Waals surface area contributed by atoms with Gasteiger partial charge in [0.1, 0.15) is 0 Å². The van der Waals surface area contributed by atoms with Crippen LogP contribution in [0, 0.1) is 0 Å². The van der Waals surface area contributed by atoms with Crippen LogP contribution in [-0.2, 0) is 9.53 Å². The van der Waals surface area contributed by atoms with Gasteiger partial charge in [-0.2, -0.15) is 0 Å². The second-order valence-corrected chi connectivity index (χ2v) is 4.97. The van der Waals surface area contributed by atoms with E-state index in [1.165, 1.54) is 0 Å². The number of carbonyl (C=O) groups is 1. The van der Waals surface area contributed by atoms with Gasteiger partial charge in [-0.1, -0.05) is 0 Å². The lowest BCUT2D eigenvalue weighted by atomic mass is 10.2. The van der Waals surface area contributed by atoms with E-state index in [-0.39, 0.29) is 18.1 Å². The molecule has 1 saturated heterocycles. The van der Waals surface area contributed by atoms with E-state index in [1.54, 1.807) is 7.11 Å². The highest BCUT2D eigenvalue weighted by Crippen LogP contribution is 2.11. The summed E-state index contributed by atoms with van der Waals surface area (Å²) in [5.74, 6) is 0.184. The van der Waals surface area contributed by atoms with Crippen LogP contribution in [0.25, 0.3) is 0 Å². The van der Waals surface area contributed by atoms with Gasteiger partial charge in [0.2, 0.25) is 5.91 Å². The van der Waals surface area contributed by atoms with Crippen LogP contribution in [0.5, 0.6) is 0 Å². The third-order valence-electron chi connectivity index (χ3n) is 3.20. The second kappa shape index (κ2) is 6.93. The lowest BCUT2D eigenvalue weighted by Gasteiger charge is -2.22. The van der Waals surface area contributed by atoms with E-state index in [0.29, 0.717) is 0 Å². The molecule has 2 unspecified atom stereocenters. The van der Waals surface area contributed by atoms with Crippen LogP contribution in [0.4, 0.5) is 0 Å². The van der Waals surface area contributed by atoms with Crippen molar-refractivity contribution in [2.75, 3.05) is 47.9 Å². The van der Waals surface area contributed by atoms with Crippen molar-refractivity contribution in [3.8, 4) is 0 Å². The van der Waals surface area contributed by atoms with Gasteiger partial charge in [0, 0.05) is 27.2 Å². The van der Waals surface area contributed by atoms with E-state index in [2.05, 4.69) is 10.2 Å². The molecule has 1 N–H and O–H groups in total. The zero-order chi connectivity index (χ0) is 12.8. The summed E-state index contributed by atoms with van der Waals surface area (Å²) in [5.41, 5.74) is 0. The SMILES string of the molecule is COC1CNC(C(=O)N(C)CCCN(C)C)C1. The molecule has 0 radical (unpaired) electrons. The zero-order valence-corrected chi connectivity index (χ0v) is 11.4. The van der Waals surface area contributed by atoms with E-state index in [4.69, 9.17) is 4.74 Å². The van der Waals surface area contributed by atoms with Gasteiger partial charge in [-0.3, -0.25) is 4.79 Å². The van der Waals surface area contributed by atoms with Crippen molar-refractivity contribution < 1.29 is 9.53 Å². The smallest absolute Gasteiger partial charge is 0.239 e. The summed E-state index contributed by atoms with van der Waals surface area (Å²) in [7, 11) is 7.66. The number of carbonyl (C=O) groups excluding carboxylic acids is 1. The lowest BCUT2D eigenvalue weighted by Crippen LogP contribution is -2.42. The van der Waals surface area contributed by atoms with Gasteiger partial charge in [0.05, 0.1) is 12.1 Å². The molecule has 1 heterocycles. The molecule has 0 aromatic carbocycles. The molecule has 0 aromatic heterocycles. The maximum absolute atomic E-state index is 12.1. The predicted octanol–water partition coefficient (Wildman–Crippen LogP) is -0.227. The highest BCUT2D eigenvalue weighted by atomic mass is 16.5. The summed E-state index contributed by atoms with van der Waals surface area (Å²) in [6, 6.07) is -0.0655. The fourth-order valence-electron chi connectivity index (χ4n) is 2.07. The van der Waals surface area contributed by atoms with Crippen LogP contribution in [0.1, 0.15) is 12.8 Å². The number of ether oxygens (including phenoxy) is 1. The minimum Gasteiger partial charge on any atom is -0.380 e. The average molecular weight is 243 g/mol. The number of methoxy groups -OCH3 is 1. The Morgan fingerprint density at radius 2 is 2.06 bits per heavy atom. The van der Waals surface area contributed by atoms with Gasteiger partial charge in [-0.05, 0) is 33.5 Å². The third-order valence-corrected chi connectivity index (χ3v) is 3.20. The molecule has 1 rings (SSSR count). The first-order valence-corrected chi connectivity index (χ1v) is 6.20. The summed E-state index contributed by atoms with van der Waals surface area (Å²) in [5, 5.41) is 3.21. The summed E-state index contributed by atoms with van der Waals surface area (Å²) >= 11 is 0. The molecule has 2 atom stereocenters. The van der Waals surface area contributed by atoms with Gasteiger partial charge >= 0.3 is 0 Å². The molecule has 1 amide bonds. The molecule has 5 heteroatoms. The first-order valence-electron chi connectivity index (χ1n) is 6.20. The summed E-state index contributed by atoms with van der Waals surface area (Å²) in [4.78, 5) is 16.0. The Bertz CT molecular complexity index is 246. The number of hydrogen-bond acceptors (Lipinski definition) is 4. The molecular weight excluding hydrogens is 218 g/mol. The van der Waals surface area contributed by atoms with Crippen LogP contribution in [0.15, 0.2) is 0 Å². The quantitative estimate of drug-likeness (QED) is 0.700. The van der Waals surface area contributed by atoms with Crippen molar-refractivity contribution in [2.24, 2.45) is 0 Å². The number of amides is 1.